The van der Waals surface area contributed by atoms with Gasteiger partial charge in [-0.3, -0.25) is 4.79 Å². The average molecular weight is 342 g/mol. The predicted molar refractivity (Wildman–Crippen MR) is 91.8 cm³/mol. The van der Waals surface area contributed by atoms with Crippen LogP contribution in [0.3, 0.4) is 0 Å². The first kappa shape index (κ1) is 19.3. The molecule has 2 amide bonds. The molecule has 2 rings (SSSR count). The van der Waals surface area contributed by atoms with Gasteiger partial charge in [-0.15, -0.1) is 0 Å². The Balaban J connectivity index is 0.000000322. The molecule has 0 saturated carbocycles. The Morgan fingerprint density at radius 1 is 1.26 bits per heavy atom. The summed E-state index contributed by atoms with van der Waals surface area (Å²) >= 11 is 5.77. The van der Waals surface area contributed by atoms with Gasteiger partial charge in [-0.2, -0.15) is 0 Å². The minimum absolute atomic E-state index is 0.0520. The van der Waals surface area contributed by atoms with Gasteiger partial charge >= 0.3 is 6.03 Å². The van der Waals surface area contributed by atoms with Crippen molar-refractivity contribution in [3.63, 3.8) is 0 Å². The van der Waals surface area contributed by atoms with Gasteiger partial charge < -0.3 is 20.3 Å². The first-order valence-corrected chi connectivity index (χ1v) is 7.83. The molecule has 0 bridgehead atoms. The van der Waals surface area contributed by atoms with Crippen molar-refractivity contribution in [2.45, 2.75) is 26.4 Å². The molecular weight excluding hydrogens is 318 g/mol. The molecule has 0 spiro atoms. The van der Waals surface area contributed by atoms with Crippen LogP contribution in [0.2, 0.25) is 5.02 Å². The number of nitrogens with zero attached hydrogens (tertiary/aromatic N) is 1. The Labute approximate surface area is 142 Å². The van der Waals surface area contributed by atoms with Crippen LogP contribution < -0.4 is 10.6 Å². The number of benzene rings is 1. The van der Waals surface area contributed by atoms with Crippen LogP contribution in [0.1, 0.15) is 20.8 Å². The summed E-state index contributed by atoms with van der Waals surface area (Å²) in [4.78, 5) is 23.2. The lowest BCUT2D eigenvalue weighted by Gasteiger charge is -2.27. The van der Waals surface area contributed by atoms with Gasteiger partial charge in [-0.25, -0.2) is 4.79 Å². The Hall–Kier alpha value is -1.79. The monoisotopic (exact) mass is 341 g/mol. The molecule has 1 aromatic rings. The minimum atomic E-state index is -0.318. The number of hydrogen-bond donors (Lipinski definition) is 2. The summed E-state index contributed by atoms with van der Waals surface area (Å²) in [6.45, 7) is 9.13. The highest BCUT2D eigenvalue weighted by atomic mass is 35.5. The molecule has 0 unspecified atom stereocenters. The van der Waals surface area contributed by atoms with Crippen molar-refractivity contribution >= 4 is 29.8 Å². The van der Waals surface area contributed by atoms with E-state index in [-0.39, 0.29) is 11.6 Å². The van der Waals surface area contributed by atoms with Gasteiger partial charge in [-0.1, -0.05) is 11.6 Å². The maximum absolute atomic E-state index is 11.8. The molecule has 23 heavy (non-hydrogen) atoms. The number of anilines is 1. The fourth-order valence-electron chi connectivity index (χ4n) is 1.75. The number of carbonyl (C=O) groups is 2. The average Bonchev–Trinajstić information content (AvgIpc) is 2.50. The lowest BCUT2D eigenvalue weighted by atomic mass is 10.2. The number of piperazine rings is 1. The molecule has 2 N–H and O–H groups in total. The topological polar surface area (TPSA) is 70.7 Å². The lowest BCUT2D eigenvalue weighted by Crippen LogP contribution is -2.48. The second-order valence-electron chi connectivity index (χ2n) is 6.00. The van der Waals surface area contributed by atoms with E-state index in [1.165, 1.54) is 0 Å². The fraction of sp³-hybridized carbons (Fsp3) is 0.500. The number of hydrogen-bond acceptors (Lipinski definition) is 4. The Bertz CT molecular complexity index is 494. The van der Waals surface area contributed by atoms with E-state index in [1.807, 2.05) is 20.8 Å². The Kier molecular flexibility index (Phi) is 7.85. The van der Waals surface area contributed by atoms with Crippen molar-refractivity contribution in [1.29, 1.82) is 0 Å². The van der Waals surface area contributed by atoms with Crippen molar-refractivity contribution in [1.82, 2.24) is 10.2 Å². The highest BCUT2D eigenvalue weighted by Gasteiger charge is 2.15. The van der Waals surface area contributed by atoms with Crippen LogP contribution in [-0.2, 0) is 9.53 Å². The summed E-state index contributed by atoms with van der Waals surface area (Å²) in [5.74, 6) is 0. The van der Waals surface area contributed by atoms with Crippen LogP contribution in [-0.4, -0.2) is 49.2 Å². The fourth-order valence-corrected chi connectivity index (χ4v) is 1.87. The van der Waals surface area contributed by atoms with Gasteiger partial charge in [0.05, 0.1) is 0 Å². The quantitative estimate of drug-likeness (QED) is 0.811. The zero-order chi connectivity index (χ0) is 17.3. The van der Waals surface area contributed by atoms with Gasteiger partial charge in [0.1, 0.15) is 5.60 Å². The van der Waals surface area contributed by atoms with Crippen molar-refractivity contribution in [3.05, 3.63) is 29.3 Å². The van der Waals surface area contributed by atoms with E-state index in [0.717, 1.165) is 31.9 Å². The van der Waals surface area contributed by atoms with E-state index >= 15 is 0 Å². The third-order valence-corrected chi connectivity index (χ3v) is 3.15. The van der Waals surface area contributed by atoms with Gasteiger partial charge in [0.25, 0.3) is 6.47 Å². The maximum Gasteiger partial charge on any atom is 0.321 e. The standard InChI is InChI=1S/C11H14ClN3O.C5H10O2/c12-9-1-3-10(4-2-9)14-11(16)15-7-5-13-6-8-15;1-5(2,3)7-4-6/h1-4,13H,5-8H2,(H,14,16);4H,1-3H3. The summed E-state index contributed by atoms with van der Waals surface area (Å²) in [6, 6.07) is 7.05. The highest BCUT2D eigenvalue weighted by molar-refractivity contribution is 6.30. The number of carbonyl (C=O) groups excluding carboxylic acids is 2. The normalized spacial score (nSPS) is 14.3. The molecule has 128 valence electrons. The third-order valence-electron chi connectivity index (χ3n) is 2.90. The lowest BCUT2D eigenvalue weighted by molar-refractivity contribution is -0.138. The largest absolute Gasteiger partial charge is 0.462 e. The molecule has 1 aliphatic rings. The zero-order valence-corrected chi connectivity index (χ0v) is 14.5. The maximum atomic E-state index is 11.8. The van der Waals surface area contributed by atoms with E-state index in [4.69, 9.17) is 11.6 Å². The van der Waals surface area contributed by atoms with E-state index in [1.54, 1.807) is 29.2 Å². The summed E-state index contributed by atoms with van der Waals surface area (Å²) in [5, 5.41) is 6.71. The summed E-state index contributed by atoms with van der Waals surface area (Å²) < 4.78 is 4.55. The second-order valence-corrected chi connectivity index (χ2v) is 6.44. The van der Waals surface area contributed by atoms with Gasteiger partial charge in [0.2, 0.25) is 0 Å². The van der Waals surface area contributed by atoms with E-state index in [2.05, 4.69) is 15.4 Å². The molecule has 0 aliphatic carbocycles. The molecule has 1 fully saturated rings. The molecule has 1 aliphatic heterocycles. The molecule has 0 radical (unpaired) electrons. The van der Waals surface area contributed by atoms with Crippen molar-refractivity contribution in [3.8, 4) is 0 Å². The first-order chi connectivity index (χ1) is 10.8. The minimum Gasteiger partial charge on any atom is -0.462 e. The van der Waals surface area contributed by atoms with Crippen molar-refractivity contribution in [2.75, 3.05) is 31.5 Å². The molecule has 7 heteroatoms. The van der Waals surface area contributed by atoms with Crippen LogP contribution in [0.25, 0.3) is 0 Å². The third kappa shape index (κ3) is 8.42. The van der Waals surface area contributed by atoms with Crippen molar-refractivity contribution < 1.29 is 14.3 Å². The summed E-state index contributed by atoms with van der Waals surface area (Å²) in [6.07, 6.45) is 0. The van der Waals surface area contributed by atoms with Gasteiger partial charge in [0, 0.05) is 36.9 Å². The molecule has 1 heterocycles. The number of amides is 2. The van der Waals surface area contributed by atoms with Crippen LogP contribution in [0.4, 0.5) is 10.5 Å². The molecular formula is C16H24ClN3O3. The van der Waals surface area contributed by atoms with Crippen LogP contribution in [0.15, 0.2) is 24.3 Å². The molecule has 6 nitrogen and oxygen atoms in total. The Morgan fingerprint density at radius 3 is 2.26 bits per heavy atom. The van der Waals surface area contributed by atoms with Crippen LogP contribution >= 0.6 is 11.6 Å². The zero-order valence-electron chi connectivity index (χ0n) is 13.8. The number of rotatable bonds is 2. The number of urea groups is 1. The van der Waals surface area contributed by atoms with Crippen molar-refractivity contribution in [2.24, 2.45) is 0 Å². The smallest absolute Gasteiger partial charge is 0.321 e. The van der Waals surface area contributed by atoms with E-state index < -0.39 is 0 Å². The molecule has 0 aromatic heterocycles. The number of nitrogens with one attached hydrogen (secondary N) is 2. The van der Waals surface area contributed by atoms with Crippen LogP contribution in [0, 0.1) is 0 Å². The highest BCUT2D eigenvalue weighted by Crippen LogP contribution is 2.13. The predicted octanol–water partition coefficient (Wildman–Crippen LogP) is 2.74. The summed E-state index contributed by atoms with van der Waals surface area (Å²) in [5.41, 5.74) is 0.454. The number of halogens is 1. The second kappa shape index (κ2) is 9.37. The van der Waals surface area contributed by atoms with E-state index in [0.29, 0.717) is 11.5 Å². The molecule has 0 atom stereocenters. The van der Waals surface area contributed by atoms with Gasteiger partial charge in [-0.05, 0) is 45.0 Å². The molecule has 1 aromatic carbocycles. The van der Waals surface area contributed by atoms with E-state index in [9.17, 15) is 9.59 Å². The SMILES string of the molecule is CC(C)(C)OC=O.O=C(Nc1ccc(Cl)cc1)N1CCNCC1. The summed E-state index contributed by atoms with van der Waals surface area (Å²) in [7, 11) is 0. The van der Waals surface area contributed by atoms with Crippen LogP contribution in [0.5, 0.6) is 0 Å². The van der Waals surface area contributed by atoms with Gasteiger partial charge in [0.15, 0.2) is 0 Å². The molecule has 1 saturated heterocycles. The Morgan fingerprint density at radius 2 is 1.83 bits per heavy atom. The number of ether oxygens (including phenoxy) is 1. The first-order valence-electron chi connectivity index (χ1n) is 7.45.